The van der Waals surface area contributed by atoms with Crippen LogP contribution in [0.4, 0.5) is 0 Å². The average molecular weight is 580 g/mol. The van der Waals surface area contributed by atoms with E-state index in [1.54, 1.807) is 0 Å². The maximum Gasteiger partial charge on any atom is 2.00 e. The molecule has 8 nitrogen and oxygen atoms in total. The van der Waals surface area contributed by atoms with Gasteiger partial charge in [-0.1, -0.05) is 84.9 Å². The molecule has 0 radical (unpaired) electrons. The van der Waals surface area contributed by atoms with Crippen LogP contribution in [0.2, 0.25) is 0 Å². The van der Waals surface area contributed by atoms with Gasteiger partial charge in [-0.05, 0) is 46.5 Å². The average Bonchev–Trinajstić information content (AvgIpc) is 3.02. The van der Waals surface area contributed by atoms with Gasteiger partial charge in [0.25, 0.3) is 0 Å². The predicted molar refractivity (Wildman–Crippen MR) is 159 cm³/mol. The Bertz CT molecular complexity index is 1240. The Kier molecular flexibility index (Phi) is 15.2. The molecule has 0 saturated heterocycles. The Hall–Kier alpha value is -4.49. The fourth-order valence-corrected chi connectivity index (χ4v) is 3.88. The molecule has 4 aromatic carbocycles. The summed E-state index contributed by atoms with van der Waals surface area (Å²) >= 11 is 0. The van der Waals surface area contributed by atoms with Gasteiger partial charge >= 0.3 is 10.1 Å². The first-order valence-corrected chi connectivity index (χ1v) is 13.4. The number of benzene rings is 4. The van der Waals surface area contributed by atoms with E-state index in [1.165, 1.54) is 14.2 Å². The second-order valence-corrected chi connectivity index (χ2v) is 9.33. The van der Waals surface area contributed by atoms with Crippen molar-refractivity contribution < 1.29 is 38.7 Å². The van der Waals surface area contributed by atoms with Crippen LogP contribution in [-0.2, 0) is 45.1 Å². The van der Waals surface area contributed by atoms with Crippen molar-refractivity contribution in [3.63, 3.8) is 0 Å². The van der Waals surface area contributed by atoms with Gasteiger partial charge in [0, 0.05) is 27.1 Å². The maximum absolute atomic E-state index is 10.8. The van der Waals surface area contributed by atoms with E-state index in [0.29, 0.717) is 13.2 Å². The molecule has 0 aliphatic carbocycles. The Labute approximate surface area is 256 Å². The third-order valence-corrected chi connectivity index (χ3v) is 6.28. The SMILES string of the molecule is COC(Cc1ccc(OCc2ccccc2)cc1)C(=O)[O-].COC(Cc1ccc(OCc2ccccc2)cc1)C(=O)[O-].[Be+2]. The molecule has 4 aromatic rings. The monoisotopic (exact) mass is 579 g/mol. The van der Waals surface area contributed by atoms with Crippen molar-refractivity contribution in [3.8, 4) is 11.5 Å². The molecule has 0 saturated carbocycles. The number of hydrogen-bond donors (Lipinski definition) is 0. The second kappa shape index (κ2) is 18.8. The van der Waals surface area contributed by atoms with E-state index in [9.17, 15) is 19.8 Å². The number of rotatable bonds is 14. The summed E-state index contributed by atoms with van der Waals surface area (Å²) in [5, 5.41) is 21.6. The topological polar surface area (TPSA) is 117 Å². The summed E-state index contributed by atoms with van der Waals surface area (Å²) in [6.07, 6.45) is -1.31. The van der Waals surface area contributed by atoms with Crippen LogP contribution in [0.1, 0.15) is 22.3 Å². The minimum absolute atomic E-state index is 0. The van der Waals surface area contributed by atoms with E-state index in [0.717, 1.165) is 33.8 Å². The second-order valence-electron chi connectivity index (χ2n) is 9.33. The molecular formula is C34H34BeO8. The molecule has 9 heteroatoms. The van der Waals surface area contributed by atoms with E-state index < -0.39 is 24.1 Å². The molecule has 0 fully saturated rings. The molecule has 2 atom stereocenters. The minimum Gasteiger partial charge on any atom is -0.547 e. The van der Waals surface area contributed by atoms with Crippen molar-refractivity contribution in [1.82, 2.24) is 0 Å². The zero-order valence-corrected chi connectivity index (χ0v) is 24.3. The van der Waals surface area contributed by atoms with Gasteiger partial charge in [-0.15, -0.1) is 0 Å². The number of carboxylic acids is 2. The first-order valence-electron chi connectivity index (χ1n) is 13.4. The molecule has 43 heavy (non-hydrogen) atoms. The molecule has 2 unspecified atom stereocenters. The van der Waals surface area contributed by atoms with Crippen LogP contribution in [-0.4, -0.2) is 48.5 Å². The van der Waals surface area contributed by atoms with Gasteiger partial charge in [-0.2, -0.15) is 0 Å². The van der Waals surface area contributed by atoms with E-state index in [1.807, 2.05) is 109 Å². The summed E-state index contributed by atoms with van der Waals surface area (Å²) in [6.45, 7) is 1.000. The summed E-state index contributed by atoms with van der Waals surface area (Å²) in [6, 6.07) is 34.4. The smallest absolute Gasteiger partial charge is 0.547 e. The Morgan fingerprint density at radius 3 is 1.14 bits per heavy atom. The minimum atomic E-state index is -1.21. The number of ether oxygens (including phenoxy) is 4. The summed E-state index contributed by atoms with van der Waals surface area (Å²) in [7, 11) is 2.72. The van der Waals surface area contributed by atoms with Crippen LogP contribution in [0.25, 0.3) is 0 Å². The maximum atomic E-state index is 10.8. The van der Waals surface area contributed by atoms with Gasteiger partial charge < -0.3 is 38.7 Å². The number of hydrogen-bond acceptors (Lipinski definition) is 8. The quantitative estimate of drug-likeness (QED) is 0.210. The zero-order chi connectivity index (χ0) is 30.2. The first-order chi connectivity index (χ1) is 20.4. The molecule has 0 aromatic heterocycles. The number of carboxylic acid groups (broad SMARTS) is 2. The molecule has 0 N–H and O–H groups in total. The van der Waals surface area contributed by atoms with Gasteiger partial charge in [-0.3, -0.25) is 0 Å². The molecular weight excluding hydrogens is 545 g/mol. The van der Waals surface area contributed by atoms with Gasteiger partial charge in [0.05, 0.1) is 11.9 Å². The summed E-state index contributed by atoms with van der Waals surface area (Å²) in [4.78, 5) is 21.6. The molecule has 0 spiro atoms. The van der Waals surface area contributed by atoms with Crippen LogP contribution in [0.3, 0.4) is 0 Å². The third-order valence-electron chi connectivity index (χ3n) is 6.28. The fourth-order valence-electron chi connectivity index (χ4n) is 3.88. The number of aliphatic carboxylic acids is 2. The van der Waals surface area contributed by atoms with Crippen molar-refractivity contribution in [3.05, 3.63) is 131 Å². The van der Waals surface area contributed by atoms with Crippen molar-refractivity contribution in [2.45, 2.75) is 38.3 Å². The Morgan fingerprint density at radius 2 is 0.860 bits per heavy atom. The molecule has 4 rings (SSSR count). The fraction of sp³-hybridized carbons (Fsp3) is 0.235. The predicted octanol–water partition coefficient (Wildman–Crippen LogP) is 2.77. The molecule has 220 valence electrons. The Morgan fingerprint density at radius 1 is 0.535 bits per heavy atom. The molecule has 0 heterocycles. The third kappa shape index (κ3) is 12.5. The molecule has 0 amide bonds. The van der Waals surface area contributed by atoms with Gasteiger partial charge in [0.1, 0.15) is 36.9 Å². The van der Waals surface area contributed by atoms with Crippen LogP contribution in [0.5, 0.6) is 11.5 Å². The van der Waals surface area contributed by atoms with Crippen molar-refractivity contribution >= 4 is 22.1 Å². The van der Waals surface area contributed by atoms with Gasteiger partial charge in [0.15, 0.2) is 0 Å². The largest absolute Gasteiger partial charge is 2.00 e. The van der Waals surface area contributed by atoms with E-state index in [-0.39, 0.29) is 23.0 Å². The Balaban J connectivity index is 0.000000293. The first kappa shape index (κ1) is 34.7. The van der Waals surface area contributed by atoms with Crippen LogP contribution >= 0.6 is 0 Å². The summed E-state index contributed by atoms with van der Waals surface area (Å²) in [5.74, 6) is -0.932. The number of carbonyl (C=O) groups is 2. The normalized spacial score (nSPS) is 11.6. The van der Waals surface area contributed by atoms with Crippen LogP contribution in [0, 0.1) is 0 Å². The van der Waals surface area contributed by atoms with Crippen molar-refractivity contribution in [1.29, 1.82) is 0 Å². The molecule has 0 aliphatic heterocycles. The number of methoxy groups -OCH3 is 2. The van der Waals surface area contributed by atoms with Crippen LogP contribution < -0.4 is 19.7 Å². The molecule has 0 bridgehead atoms. The summed E-state index contributed by atoms with van der Waals surface area (Å²) < 4.78 is 21.0. The van der Waals surface area contributed by atoms with E-state index in [2.05, 4.69) is 0 Å². The zero-order valence-electron chi connectivity index (χ0n) is 24.3. The number of carbonyl (C=O) groups excluding carboxylic acids is 2. The van der Waals surface area contributed by atoms with Gasteiger partial charge in [0.2, 0.25) is 0 Å². The van der Waals surface area contributed by atoms with E-state index >= 15 is 0 Å². The van der Waals surface area contributed by atoms with Crippen LogP contribution in [0.15, 0.2) is 109 Å². The molecule has 0 aliphatic rings. The van der Waals surface area contributed by atoms with Crippen molar-refractivity contribution in [2.24, 2.45) is 0 Å². The summed E-state index contributed by atoms with van der Waals surface area (Å²) in [5.41, 5.74) is 3.91. The van der Waals surface area contributed by atoms with E-state index in [4.69, 9.17) is 18.9 Å². The van der Waals surface area contributed by atoms with Gasteiger partial charge in [-0.25, -0.2) is 0 Å². The standard InChI is InChI=1S/2C17H18O4.Be/c2*1-20-16(17(18)19)11-13-7-9-15(10-8-13)21-12-14-5-3-2-4-6-14;/h2*2-10,16H,11-12H2,1H3,(H,18,19);/q;;+2/p-2. The van der Waals surface area contributed by atoms with Crippen molar-refractivity contribution in [2.75, 3.05) is 14.2 Å².